The summed E-state index contributed by atoms with van der Waals surface area (Å²) in [5, 5.41) is 0. The number of Topliss-reactive ketones (excluding diaryl/α,β-unsaturated/α-hetero) is 1. The van der Waals surface area contributed by atoms with Crippen LogP contribution in [-0.2, 0) is 14.3 Å². The van der Waals surface area contributed by atoms with Crippen LogP contribution in [0.5, 0.6) is 0 Å². The minimum absolute atomic E-state index is 0.00375. The summed E-state index contributed by atoms with van der Waals surface area (Å²) in [6.07, 6.45) is 0.154. The van der Waals surface area contributed by atoms with Gasteiger partial charge in [0.25, 0.3) is 0 Å². The monoisotopic (exact) mass is 166 g/mol. The third-order valence-electron chi connectivity index (χ3n) is 1.35. The Morgan fingerprint density at radius 2 is 1.75 bits per heavy atom. The Bertz CT molecular complexity index is 144. The SMILES string of the molecule is [B]COC(C)(CC(C)=O)OC[B]. The molecule has 0 unspecified atom stereocenters. The normalized spacial score (nSPS) is 11.5. The highest BCUT2D eigenvalue weighted by molar-refractivity contribution is 6.08. The number of rotatable bonds is 6. The number of hydrogen-bond donors (Lipinski definition) is 0. The van der Waals surface area contributed by atoms with Gasteiger partial charge in [-0.3, -0.25) is 4.79 Å². The van der Waals surface area contributed by atoms with E-state index in [1.165, 1.54) is 6.92 Å². The fourth-order valence-corrected chi connectivity index (χ4v) is 0.948. The molecule has 0 aliphatic heterocycles. The van der Waals surface area contributed by atoms with Gasteiger partial charge in [0.2, 0.25) is 0 Å². The molecule has 12 heavy (non-hydrogen) atoms. The lowest BCUT2D eigenvalue weighted by atomic mass is 10.1. The Labute approximate surface area is 75.6 Å². The first-order chi connectivity index (χ1) is 5.54. The number of carbonyl (C=O) groups is 1. The maximum Gasteiger partial charge on any atom is 0.170 e. The van der Waals surface area contributed by atoms with Gasteiger partial charge < -0.3 is 9.47 Å². The summed E-state index contributed by atoms with van der Waals surface area (Å²) < 4.78 is 10.1. The van der Waals surface area contributed by atoms with E-state index in [0.29, 0.717) is 0 Å². The maximum absolute atomic E-state index is 10.8. The predicted octanol–water partition coefficient (Wildman–Crippen LogP) is -0.0331. The largest absolute Gasteiger partial charge is 0.360 e. The average molecular weight is 166 g/mol. The number of ketones is 1. The number of ether oxygens (including phenoxy) is 2. The van der Waals surface area contributed by atoms with Crippen molar-refractivity contribution in [3.8, 4) is 0 Å². The van der Waals surface area contributed by atoms with Gasteiger partial charge in [-0.2, -0.15) is 0 Å². The van der Waals surface area contributed by atoms with Crippen LogP contribution in [0.4, 0.5) is 0 Å². The van der Waals surface area contributed by atoms with Crippen molar-refractivity contribution in [1.29, 1.82) is 0 Å². The summed E-state index contributed by atoms with van der Waals surface area (Å²) in [4.78, 5) is 10.8. The van der Waals surface area contributed by atoms with Crippen molar-refractivity contribution in [2.45, 2.75) is 26.1 Å². The predicted molar refractivity (Wildman–Crippen MR) is 47.1 cm³/mol. The van der Waals surface area contributed by atoms with Crippen LogP contribution >= 0.6 is 0 Å². The van der Waals surface area contributed by atoms with Gasteiger partial charge in [-0.25, -0.2) is 0 Å². The van der Waals surface area contributed by atoms with E-state index in [-0.39, 0.29) is 25.2 Å². The van der Waals surface area contributed by atoms with Gasteiger partial charge in [0.15, 0.2) is 5.79 Å². The Balaban J connectivity index is 4.07. The third kappa shape index (κ3) is 4.57. The lowest BCUT2D eigenvalue weighted by Gasteiger charge is -2.28. The van der Waals surface area contributed by atoms with Crippen molar-refractivity contribution in [3.63, 3.8) is 0 Å². The highest BCUT2D eigenvalue weighted by Gasteiger charge is 2.26. The molecule has 0 aliphatic rings. The Kier molecular flexibility index (Phi) is 5.25. The molecule has 0 aromatic heterocycles. The molecule has 0 spiro atoms. The summed E-state index contributed by atoms with van der Waals surface area (Å²) in [5.41, 5.74) is 0. The highest BCUT2D eigenvalue weighted by atomic mass is 16.7. The molecule has 0 rings (SSSR count). The van der Waals surface area contributed by atoms with Crippen LogP contribution in [-0.4, -0.2) is 40.3 Å². The quantitative estimate of drug-likeness (QED) is 0.410. The summed E-state index contributed by atoms with van der Waals surface area (Å²) >= 11 is 0. The molecule has 4 radical (unpaired) electrons. The van der Waals surface area contributed by atoms with Crippen molar-refractivity contribution in [2.24, 2.45) is 0 Å². The number of hydrogen-bond acceptors (Lipinski definition) is 3. The average Bonchev–Trinajstić information content (AvgIpc) is 1.85. The topological polar surface area (TPSA) is 35.5 Å². The van der Waals surface area contributed by atoms with Gasteiger partial charge in [-0.05, 0) is 13.8 Å². The van der Waals surface area contributed by atoms with Gasteiger partial charge in [0, 0.05) is 13.0 Å². The van der Waals surface area contributed by atoms with E-state index in [2.05, 4.69) is 0 Å². The van der Waals surface area contributed by atoms with Gasteiger partial charge in [-0.1, -0.05) is 0 Å². The second-order valence-electron chi connectivity index (χ2n) is 2.63. The lowest BCUT2D eigenvalue weighted by Crippen LogP contribution is -2.35. The summed E-state index contributed by atoms with van der Waals surface area (Å²) in [6.45, 7) is 3.10. The third-order valence-corrected chi connectivity index (χ3v) is 1.35. The first-order valence-corrected chi connectivity index (χ1v) is 3.71. The minimum Gasteiger partial charge on any atom is -0.360 e. The van der Waals surface area contributed by atoms with Crippen molar-refractivity contribution in [2.75, 3.05) is 13.0 Å². The molecule has 64 valence electrons. The second kappa shape index (κ2) is 5.38. The van der Waals surface area contributed by atoms with Crippen LogP contribution in [0.1, 0.15) is 20.3 Å². The number of carbonyl (C=O) groups excluding carboxylic acids is 1. The van der Waals surface area contributed by atoms with Crippen LogP contribution in [0, 0.1) is 0 Å². The van der Waals surface area contributed by atoms with Crippen LogP contribution < -0.4 is 0 Å². The molecule has 0 saturated carbocycles. The molecule has 0 aromatic rings. The Hall–Kier alpha value is -0.280. The van der Waals surface area contributed by atoms with Gasteiger partial charge >= 0.3 is 0 Å². The van der Waals surface area contributed by atoms with Crippen molar-refractivity contribution in [3.05, 3.63) is 0 Å². The molecule has 0 atom stereocenters. The molecule has 0 aliphatic carbocycles. The molecule has 3 nitrogen and oxygen atoms in total. The zero-order valence-electron chi connectivity index (χ0n) is 7.50. The van der Waals surface area contributed by atoms with E-state index in [1.807, 2.05) is 0 Å². The second-order valence-corrected chi connectivity index (χ2v) is 2.63. The first-order valence-electron chi connectivity index (χ1n) is 3.71. The van der Waals surface area contributed by atoms with Crippen molar-refractivity contribution < 1.29 is 14.3 Å². The van der Waals surface area contributed by atoms with Crippen LogP contribution in [0.15, 0.2) is 0 Å². The molecular formula is C7H12B2O3. The standard InChI is InChI=1S/C7H12B2O3/c1-6(10)3-7(2,11-4-8)12-5-9/h3-5H2,1-2H3. The Morgan fingerprint density at radius 3 is 2.00 bits per heavy atom. The molecule has 0 amide bonds. The zero-order chi connectivity index (χ0) is 9.61. The fraction of sp³-hybridized carbons (Fsp3) is 0.857. The van der Waals surface area contributed by atoms with Crippen LogP contribution in [0.2, 0.25) is 0 Å². The minimum atomic E-state index is -0.977. The lowest BCUT2D eigenvalue weighted by molar-refractivity contribution is -0.207. The molecule has 5 heteroatoms. The van der Waals surface area contributed by atoms with Gasteiger partial charge in [0.1, 0.15) is 21.5 Å². The summed E-state index contributed by atoms with van der Waals surface area (Å²) in [7, 11) is 10.3. The molecular weight excluding hydrogens is 154 g/mol. The van der Waals surface area contributed by atoms with E-state index >= 15 is 0 Å². The molecule has 0 fully saturated rings. The summed E-state index contributed by atoms with van der Waals surface area (Å²) in [5.74, 6) is -1.01. The van der Waals surface area contributed by atoms with Gasteiger partial charge in [0.05, 0.1) is 6.42 Å². The van der Waals surface area contributed by atoms with Gasteiger partial charge in [-0.15, -0.1) is 0 Å². The maximum atomic E-state index is 10.8. The summed E-state index contributed by atoms with van der Waals surface area (Å²) in [6, 6.07) is 0. The van der Waals surface area contributed by atoms with E-state index in [9.17, 15) is 4.79 Å². The van der Waals surface area contributed by atoms with E-state index < -0.39 is 5.79 Å². The Morgan fingerprint density at radius 1 is 1.33 bits per heavy atom. The van der Waals surface area contributed by atoms with Crippen LogP contribution in [0.25, 0.3) is 0 Å². The molecule has 0 aromatic carbocycles. The molecule has 0 saturated heterocycles. The molecule has 0 N–H and O–H groups in total. The van der Waals surface area contributed by atoms with E-state index in [4.69, 9.17) is 25.2 Å². The fourth-order valence-electron chi connectivity index (χ4n) is 0.948. The smallest absolute Gasteiger partial charge is 0.170 e. The first kappa shape index (κ1) is 11.7. The van der Waals surface area contributed by atoms with Crippen LogP contribution in [0.3, 0.4) is 0 Å². The molecule has 0 heterocycles. The molecule has 0 bridgehead atoms. The highest BCUT2D eigenvalue weighted by Crippen LogP contribution is 2.16. The van der Waals surface area contributed by atoms with E-state index in [1.54, 1.807) is 6.92 Å². The van der Waals surface area contributed by atoms with E-state index in [0.717, 1.165) is 0 Å². The zero-order valence-corrected chi connectivity index (χ0v) is 7.50. The van der Waals surface area contributed by atoms with Crippen molar-refractivity contribution >= 4 is 21.5 Å². The van der Waals surface area contributed by atoms with Crippen molar-refractivity contribution in [1.82, 2.24) is 0 Å².